The first-order chi connectivity index (χ1) is 10.5. The number of non-ortho nitro benzene ring substituents is 1. The first-order valence-corrected chi connectivity index (χ1v) is 7.00. The van der Waals surface area contributed by atoms with Crippen LogP contribution < -0.4 is 10.0 Å². The van der Waals surface area contributed by atoms with Gasteiger partial charge in [-0.3, -0.25) is 24.6 Å². The fourth-order valence-corrected chi connectivity index (χ4v) is 3.93. The van der Waals surface area contributed by atoms with Crippen molar-refractivity contribution in [2.75, 3.05) is 4.90 Å². The molecule has 3 aliphatic rings. The Bertz CT molecular complexity index is 726. The summed E-state index contributed by atoms with van der Waals surface area (Å²) in [5.41, 5.74) is -0.522. The molecule has 7 heteroatoms. The van der Waals surface area contributed by atoms with Gasteiger partial charge < -0.3 is 5.11 Å². The second kappa shape index (κ2) is 4.16. The maximum absolute atomic E-state index is 12.6. The molecule has 1 aromatic carbocycles. The van der Waals surface area contributed by atoms with Gasteiger partial charge in [0.1, 0.15) is 0 Å². The van der Waals surface area contributed by atoms with Crippen molar-refractivity contribution in [1.82, 2.24) is 0 Å². The number of amides is 2. The highest BCUT2D eigenvalue weighted by molar-refractivity contribution is 6.23. The average Bonchev–Trinajstić information content (AvgIpc) is 3.14. The van der Waals surface area contributed by atoms with E-state index in [2.05, 4.69) is 0 Å². The number of hydrogen-bond donors (Lipinski definition) is 0. The lowest BCUT2D eigenvalue weighted by Crippen LogP contribution is -2.33. The van der Waals surface area contributed by atoms with E-state index in [1.54, 1.807) is 0 Å². The standard InChI is InChI=1S/C15H12N2O5/c18-11-4-3-9(17(21)22)6-10(11)16-14(19)12-7-1-2-8(5-7)13(12)15(16)20/h1-4,6-8,12-13,18H,5H2/p-1/t7-,8-,12+,13+/m1/s1. The summed E-state index contributed by atoms with van der Waals surface area (Å²) in [4.78, 5) is 36.2. The van der Waals surface area contributed by atoms with E-state index in [4.69, 9.17) is 0 Å². The number of rotatable bonds is 2. The Morgan fingerprint density at radius 3 is 2.23 bits per heavy atom. The highest BCUT2D eigenvalue weighted by Crippen LogP contribution is 2.53. The van der Waals surface area contributed by atoms with E-state index >= 15 is 0 Å². The van der Waals surface area contributed by atoms with Gasteiger partial charge >= 0.3 is 0 Å². The number of allylic oxidation sites excluding steroid dienone is 2. The molecular formula is C15H11N2O5-. The molecule has 1 aromatic rings. The number of anilines is 1. The first-order valence-electron chi connectivity index (χ1n) is 7.00. The Labute approximate surface area is 125 Å². The highest BCUT2D eigenvalue weighted by Gasteiger charge is 2.59. The molecule has 0 N–H and O–H groups in total. The topological polar surface area (TPSA) is 104 Å². The van der Waals surface area contributed by atoms with E-state index in [1.807, 2.05) is 12.2 Å². The number of carbonyl (C=O) groups excluding carboxylic acids is 2. The van der Waals surface area contributed by atoms with Crippen LogP contribution in [-0.4, -0.2) is 16.7 Å². The zero-order valence-electron chi connectivity index (χ0n) is 11.3. The van der Waals surface area contributed by atoms with Crippen LogP contribution in [0.5, 0.6) is 5.75 Å². The van der Waals surface area contributed by atoms with Crippen molar-refractivity contribution < 1.29 is 19.6 Å². The SMILES string of the molecule is O=C1[C@@H]2[C@@H](C(=O)N1c1cc([N+](=O)[O-])ccc1[O-])[C@@H]1C=C[C@@H]2C1. The van der Waals surface area contributed by atoms with Crippen molar-refractivity contribution >= 4 is 23.2 Å². The van der Waals surface area contributed by atoms with Crippen LogP contribution >= 0.6 is 0 Å². The second-order valence-electron chi connectivity index (χ2n) is 5.92. The van der Waals surface area contributed by atoms with Crippen LogP contribution in [0.2, 0.25) is 0 Å². The van der Waals surface area contributed by atoms with Gasteiger partial charge in [-0.2, -0.15) is 0 Å². The monoisotopic (exact) mass is 299 g/mol. The smallest absolute Gasteiger partial charge is 0.271 e. The Kier molecular flexibility index (Phi) is 2.46. The molecule has 1 saturated carbocycles. The van der Waals surface area contributed by atoms with Gasteiger partial charge in [0.15, 0.2) is 0 Å². The lowest BCUT2D eigenvalue weighted by molar-refractivity contribution is -0.385. The summed E-state index contributed by atoms with van der Waals surface area (Å²) in [5, 5.41) is 22.8. The van der Waals surface area contributed by atoms with Gasteiger partial charge in [-0.15, -0.1) is 0 Å². The average molecular weight is 299 g/mol. The molecule has 4 atom stereocenters. The van der Waals surface area contributed by atoms with Gasteiger partial charge in [-0.1, -0.05) is 24.0 Å². The summed E-state index contributed by atoms with van der Waals surface area (Å²) in [7, 11) is 0. The molecule has 2 fully saturated rings. The van der Waals surface area contributed by atoms with E-state index in [0.717, 1.165) is 29.5 Å². The third-order valence-corrected chi connectivity index (χ3v) is 4.86. The molecule has 0 spiro atoms. The van der Waals surface area contributed by atoms with Gasteiger partial charge in [0.2, 0.25) is 11.8 Å². The molecular weight excluding hydrogens is 288 g/mol. The van der Waals surface area contributed by atoms with Crippen molar-refractivity contribution in [2.24, 2.45) is 23.7 Å². The minimum absolute atomic E-state index is 0.0326. The highest BCUT2D eigenvalue weighted by atomic mass is 16.6. The molecule has 1 saturated heterocycles. The minimum atomic E-state index is -0.653. The number of fused-ring (bicyclic) bond motifs is 5. The summed E-state index contributed by atoms with van der Waals surface area (Å²) < 4.78 is 0. The zero-order valence-corrected chi connectivity index (χ0v) is 11.3. The molecule has 112 valence electrons. The van der Waals surface area contributed by atoms with E-state index in [0.29, 0.717) is 0 Å². The number of hydrogen-bond acceptors (Lipinski definition) is 5. The number of imide groups is 1. The quantitative estimate of drug-likeness (QED) is 0.350. The van der Waals surface area contributed by atoms with Crippen LogP contribution in [0.4, 0.5) is 11.4 Å². The maximum Gasteiger partial charge on any atom is 0.271 e. The molecule has 0 aromatic heterocycles. The van der Waals surface area contributed by atoms with E-state index in [9.17, 15) is 24.8 Å². The Balaban J connectivity index is 1.79. The lowest BCUT2D eigenvalue weighted by atomic mass is 9.85. The molecule has 1 aliphatic heterocycles. The van der Waals surface area contributed by atoms with E-state index < -0.39 is 34.3 Å². The van der Waals surface area contributed by atoms with Crippen molar-refractivity contribution in [3.05, 3.63) is 40.5 Å². The second-order valence-corrected chi connectivity index (χ2v) is 5.92. The zero-order chi connectivity index (χ0) is 15.6. The largest absolute Gasteiger partial charge is 0.871 e. The Morgan fingerprint density at radius 2 is 1.68 bits per heavy atom. The molecule has 2 bridgehead atoms. The normalized spacial score (nSPS) is 31.9. The van der Waals surface area contributed by atoms with Crippen LogP contribution in [0.3, 0.4) is 0 Å². The lowest BCUT2D eigenvalue weighted by Gasteiger charge is -2.22. The van der Waals surface area contributed by atoms with Gasteiger partial charge in [0.25, 0.3) is 5.69 Å². The third kappa shape index (κ3) is 1.50. The molecule has 1 heterocycles. The molecule has 2 aliphatic carbocycles. The number of nitrogens with zero attached hydrogens (tertiary/aromatic N) is 2. The van der Waals surface area contributed by atoms with Crippen LogP contribution in [-0.2, 0) is 9.59 Å². The number of nitro benzene ring substituents is 1. The first kappa shape index (κ1) is 13.0. The van der Waals surface area contributed by atoms with Crippen LogP contribution in [0.15, 0.2) is 30.4 Å². The van der Waals surface area contributed by atoms with Crippen LogP contribution in [0.25, 0.3) is 0 Å². The number of nitro groups is 1. The molecule has 0 radical (unpaired) electrons. The van der Waals surface area contributed by atoms with Crippen LogP contribution in [0.1, 0.15) is 6.42 Å². The minimum Gasteiger partial charge on any atom is -0.871 e. The molecule has 2 amide bonds. The Morgan fingerprint density at radius 1 is 1.09 bits per heavy atom. The van der Waals surface area contributed by atoms with Crippen molar-refractivity contribution in [2.45, 2.75) is 6.42 Å². The van der Waals surface area contributed by atoms with Crippen LogP contribution in [0, 0.1) is 33.8 Å². The third-order valence-electron chi connectivity index (χ3n) is 4.86. The van der Waals surface area contributed by atoms with Gasteiger partial charge in [0, 0.05) is 12.1 Å². The molecule has 7 nitrogen and oxygen atoms in total. The summed E-state index contributed by atoms with van der Waals surface area (Å²) in [5.74, 6) is -2.18. The summed E-state index contributed by atoms with van der Waals surface area (Å²) >= 11 is 0. The van der Waals surface area contributed by atoms with Crippen molar-refractivity contribution in [3.63, 3.8) is 0 Å². The van der Waals surface area contributed by atoms with Gasteiger partial charge in [-0.25, -0.2) is 0 Å². The number of carbonyl (C=O) groups is 2. The maximum atomic E-state index is 12.6. The van der Waals surface area contributed by atoms with Crippen molar-refractivity contribution in [1.29, 1.82) is 0 Å². The van der Waals surface area contributed by atoms with E-state index in [-0.39, 0.29) is 23.2 Å². The van der Waals surface area contributed by atoms with Crippen molar-refractivity contribution in [3.8, 4) is 5.75 Å². The fourth-order valence-electron chi connectivity index (χ4n) is 3.93. The van der Waals surface area contributed by atoms with Gasteiger partial charge in [0.05, 0.1) is 22.4 Å². The van der Waals surface area contributed by atoms with E-state index in [1.165, 1.54) is 0 Å². The predicted octanol–water partition coefficient (Wildman–Crippen LogP) is 0.980. The van der Waals surface area contributed by atoms with Gasteiger partial charge in [-0.05, 0) is 18.3 Å². The fraction of sp³-hybridized carbons (Fsp3) is 0.333. The predicted molar refractivity (Wildman–Crippen MR) is 72.8 cm³/mol. The molecule has 22 heavy (non-hydrogen) atoms. The number of benzene rings is 1. The molecule has 4 rings (SSSR count). The summed E-state index contributed by atoms with van der Waals surface area (Å²) in [6.07, 6.45) is 4.69. The summed E-state index contributed by atoms with van der Waals surface area (Å²) in [6, 6.07) is 3.10. The summed E-state index contributed by atoms with van der Waals surface area (Å²) in [6.45, 7) is 0. The Hall–Kier alpha value is -2.70. The molecule has 0 unspecified atom stereocenters.